The van der Waals surface area contributed by atoms with Crippen molar-refractivity contribution in [2.75, 3.05) is 0 Å². The van der Waals surface area contributed by atoms with E-state index in [1.165, 1.54) is 36.0 Å². The summed E-state index contributed by atoms with van der Waals surface area (Å²) in [5, 5.41) is 11.0. The van der Waals surface area contributed by atoms with Crippen LogP contribution < -0.4 is 0 Å². The van der Waals surface area contributed by atoms with Crippen molar-refractivity contribution in [2.24, 2.45) is 0 Å². The minimum Gasteiger partial charge on any atom is -0.450 e. The zero-order valence-corrected chi connectivity index (χ0v) is 17.0. The number of nitrogens with zero attached hydrogens (tertiary/aromatic N) is 2. The molecular formula is C21H14N2O5S2. The summed E-state index contributed by atoms with van der Waals surface area (Å²) in [7, 11) is 0. The van der Waals surface area contributed by atoms with E-state index < -0.39 is 16.1 Å². The van der Waals surface area contributed by atoms with E-state index in [0.29, 0.717) is 16.4 Å². The molecule has 2 aromatic carbocycles. The van der Waals surface area contributed by atoms with Crippen molar-refractivity contribution in [1.29, 1.82) is 0 Å². The third-order valence-electron chi connectivity index (χ3n) is 4.20. The second-order valence-electron chi connectivity index (χ2n) is 6.26. The van der Waals surface area contributed by atoms with E-state index in [4.69, 9.17) is 4.42 Å². The number of imide groups is 1. The minimum absolute atomic E-state index is 0.0465. The molecule has 0 aliphatic carbocycles. The van der Waals surface area contributed by atoms with Gasteiger partial charge in [0.05, 0.1) is 16.4 Å². The highest BCUT2D eigenvalue weighted by molar-refractivity contribution is 8.18. The van der Waals surface area contributed by atoms with Crippen LogP contribution in [-0.4, -0.2) is 21.0 Å². The van der Waals surface area contributed by atoms with Gasteiger partial charge in [-0.25, -0.2) is 0 Å². The number of furan rings is 1. The van der Waals surface area contributed by atoms with Crippen LogP contribution in [0.25, 0.3) is 6.08 Å². The molecule has 7 nitrogen and oxygen atoms in total. The number of thioether (sulfide) groups is 1. The summed E-state index contributed by atoms with van der Waals surface area (Å²) in [6.45, 7) is 0.0489. The molecule has 30 heavy (non-hydrogen) atoms. The summed E-state index contributed by atoms with van der Waals surface area (Å²) < 4.78 is 5.75. The van der Waals surface area contributed by atoms with E-state index in [1.54, 1.807) is 12.1 Å². The van der Waals surface area contributed by atoms with E-state index in [9.17, 15) is 19.7 Å². The first kappa shape index (κ1) is 20.0. The first-order valence-corrected chi connectivity index (χ1v) is 10.4. The molecule has 1 saturated heterocycles. The van der Waals surface area contributed by atoms with E-state index in [-0.39, 0.29) is 17.1 Å². The molecule has 0 radical (unpaired) electrons. The Morgan fingerprint density at radius 1 is 1.03 bits per heavy atom. The van der Waals surface area contributed by atoms with Gasteiger partial charge in [-0.1, -0.05) is 42.1 Å². The summed E-state index contributed by atoms with van der Waals surface area (Å²) in [5.74, 6) is 0.0614. The van der Waals surface area contributed by atoms with Crippen LogP contribution in [0.4, 0.5) is 10.5 Å². The summed E-state index contributed by atoms with van der Waals surface area (Å²) in [5.41, 5.74) is 0.582. The Morgan fingerprint density at radius 2 is 1.77 bits per heavy atom. The van der Waals surface area contributed by atoms with Gasteiger partial charge in [0.1, 0.15) is 5.76 Å². The van der Waals surface area contributed by atoms with Crippen LogP contribution in [-0.2, 0) is 11.3 Å². The molecule has 3 aromatic rings. The zero-order valence-electron chi connectivity index (χ0n) is 15.4. The second-order valence-corrected chi connectivity index (χ2v) is 8.33. The molecule has 1 fully saturated rings. The summed E-state index contributed by atoms with van der Waals surface area (Å²) in [6, 6.07) is 19.1. The summed E-state index contributed by atoms with van der Waals surface area (Å²) >= 11 is 2.30. The molecule has 0 spiro atoms. The average molecular weight is 438 g/mol. The maximum Gasteiger partial charge on any atom is 0.293 e. The predicted molar refractivity (Wildman–Crippen MR) is 114 cm³/mol. The third-order valence-corrected chi connectivity index (χ3v) is 6.03. The molecule has 2 amide bonds. The molecule has 9 heteroatoms. The fourth-order valence-electron chi connectivity index (χ4n) is 2.74. The van der Waals surface area contributed by atoms with Crippen LogP contribution in [0.15, 0.2) is 86.0 Å². The number of carbonyl (C=O) groups excluding carboxylic acids is 2. The lowest BCUT2D eigenvalue weighted by atomic mass is 10.2. The number of amides is 2. The molecule has 1 aromatic heterocycles. The maximum absolute atomic E-state index is 12.7. The quantitative estimate of drug-likeness (QED) is 0.282. The monoisotopic (exact) mass is 438 g/mol. The molecule has 0 saturated carbocycles. The Kier molecular flexibility index (Phi) is 5.73. The van der Waals surface area contributed by atoms with Crippen molar-refractivity contribution in [3.63, 3.8) is 0 Å². The van der Waals surface area contributed by atoms with Gasteiger partial charge in [0.15, 0.2) is 5.09 Å². The van der Waals surface area contributed by atoms with Gasteiger partial charge >= 0.3 is 0 Å². The van der Waals surface area contributed by atoms with Crippen molar-refractivity contribution >= 4 is 46.4 Å². The van der Waals surface area contributed by atoms with Crippen molar-refractivity contribution in [3.05, 3.63) is 93.1 Å². The number of hydrogen-bond acceptors (Lipinski definition) is 7. The Morgan fingerprint density at radius 3 is 2.47 bits per heavy atom. The molecular weight excluding hydrogens is 424 g/mol. The summed E-state index contributed by atoms with van der Waals surface area (Å²) in [4.78, 5) is 37.6. The number of carbonyl (C=O) groups is 2. The molecule has 0 bridgehead atoms. The topological polar surface area (TPSA) is 93.7 Å². The largest absolute Gasteiger partial charge is 0.450 e. The number of nitro benzene ring substituents is 1. The van der Waals surface area contributed by atoms with Crippen molar-refractivity contribution < 1.29 is 18.9 Å². The molecule has 0 unspecified atom stereocenters. The highest BCUT2D eigenvalue weighted by Gasteiger charge is 2.35. The molecule has 1 aliphatic rings. The van der Waals surface area contributed by atoms with Gasteiger partial charge in [0.2, 0.25) is 0 Å². The van der Waals surface area contributed by atoms with E-state index in [2.05, 4.69) is 0 Å². The van der Waals surface area contributed by atoms with Crippen molar-refractivity contribution in [2.45, 2.75) is 16.5 Å². The standard InChI is InChI=1S/C21H14N2O5S2/c24-20-18(12-16-10-11-19(28-16)29-17-4-2-1-3-5-17)30-21(25)22(20)13-14-6-8-15(9-7-14)23(26)27/h1-12H,13H2/b18-12-. The first-order chi connectivity index (χ1) is 14.5. The molecule has 0 atom stereocenters. The molecule has 1 aliphatic heterocycles. The van der Waals surface area contributed by atoms with Gasteiger partial charge in [-0.3, -0.25) is 24.6 Å². The van der Waals surface area contributed by atoms with E-state index >= 15 is 0 Å². The fourth-order valence-corrected chi connectivity index (χ4v) is 4.36. The minimum atomic E-state index is -0.500. The third kappa shape index (κ3) is 4.47. The SMILES string of the molecule is O=C1S/C(=C\c2ccc(Sc3ccccc3)o2)C(=O)N1Cc1ccc([N+](=O)[O-])cc1. The lowest BCUT2D eigenvalue weighted by Crippen LogP contribution is -2.27. The Balaban J connectivity index is 1.45. The zero-order chi connectivity index (χ0) is 21.1. The predicted octanol–water partition coefficient (Wildman–Crippen LogP) is 5.58. The van der Waals surface area contributed by atoms with Crippen LogP contribution in [0.2, 0.25) is 0 Å². The molecule has 4 rings (SSSR count). The van der Waals surface area contributed by atoms with Crippen LogP contribution in [0, 0.1) is 10.1 Å². The first-order valence-electron chi connectivity index (χ1n) is 8.81. The highest BCUT2D eigenvalue weighted by Crippen LogP contribution is 2.35. The van der Waals surface area contributed by atoms with E-state index in [1.807, 2.05) is 36.4 Å². The second kappa shape index (κ2) is 8.60. The number of non-ortho nitro benzene ring substituents is 1. The molecule has 0 N–H and O–H groups in total. The lowest BCUT2D eigenvalue weighted by Gasteiger charge is -2.12. The Labute approximate surface area is 179 Å². The average Bonchev–Trinajstić information content (AvgIpc) is 3.28. The Hall–Kier alpha value is -3.30. The number of benzene rings is 2. The van der Waals surface area contributed by atoms with Gasteiger partial charge in [-0.15, -0.1) is 0 Å². The number of hydrogen-bond donors (Lipinski definition) is 0. The van der Waals surface area contributed by atoms with Gasteiger partial charge < -0.3 is 4.42 Å². The lowest BCUT2D eigenvalue weighted by molar-refractivity contribution is -0.384. The van der Waals surface area contributed by atoms with Crippen LogP contribution >= 0.6 is 23.5 Å². The van der Waals surface area contributed by atoms with Crippen LogP contribution in [0.3, 0.4) is 0 Å². The van der Waals surface area contributed by atoms with Gasteiger partial charge in [-0.05, 0) is 41.6 Å². The molecule has 150 valence electrons. The smallest absolute Gasteiger partial charge is 0.293 e. The Bertz CT molecular complexity index is 1140. The van der Waals surface area contributed by atoms with Crippen LogP contribution in [0.5, 0.6) is 0 Å². The van der Waals surface area contributed by atoms with Gasteiger partial charge in [0.25, 0.3) is 16.8 Å². The highest BCUT2D eigenvalue weighted by atomic mass is 32.2. The fraction of sp³-hybridized carbons (Fsp3) is 0.0476. The number of nitro groups is 1. The number of rotatable bonds is 6. The van der Waals surface area contributed by atoms with E-state index in [0.717, 1.165) is 21.6 Å². The van der Waals surface area contributed by atoms with Gasteiger partial charge in [0, 0.05) is 23.1 Å². The van der Waals surface area contributed by atoms with Gasteiger partial charge in [-0.2, -0.15) is 0 Å². The molecule has 2 heterocycles. The van der Waals surface area contributed by atoms with Crippen molar-refractivity contribution in [3.8, 4) is 0 Å². The van der Waals surface area contributed by atoms with Crippen molar-refractivity contribution in [1.82, 2.24) is 4.90 Å². The maximum atomic E-state index is 12.7. The summed E-state index contributed by atoms with van der Waals surface area (Å²) in [6.07, 6.45) is 1.55. The van der Waals surface area contributed by atoms with Crippen LogP contribution in [0.1, 0.15) is 11.3 Å². The normalized spacial score (nSPS) is 15.2.